The van der Waals surface area contributed by atoms with E-state index in [1.807, 2.05) is 7.05 Å². The van der Waals surface area contributed by atoms with Crippen LogP contribution in [0.4, 0.5) is 0 Å². The van der Waals surface area contributed by atoms with Crippen LogP contribution in [0.15, 0.2) is 22.8 Å². The predicted molar refractivity (Wildman–Crippen MR) is 91.1 cm³/mol. The fourth-order valence-corrected chi connectivity index (χ4v) is 3.22. The first-order valence-electron chi connectivity index (χ1n) is 7.25. The lowest BCUT2D eigenvalue weighted by molar-refractivity contribution is 0.591. The van der Waals surface area contributed by atoms with Gasteiger partial charge in [-0.2, -0.15) is 0 Å². The normalized spacial score (nSPS) is 12.6. The molecule has 0 aliphatic heterocycles. The van der Waals surface area contributed by atoms with Crippen LogP contribution in [0.5, 0.6) is 0 Å². The number of hydrogen-bond donors (Lipinski definition) is 2. The minimum atomic E-state index is 0.140. The average molecular weight is 349 g/mol. The fourth-order valence-electron chi connectivity index (χ4n) is 2.57. The van der Waals surface area contributed by atoms with Crippen LogP contribution in [-0.2, 0) is 11.8 Å². The van der Waals surface area contributed by atoms with E-state index in [1.165, 1.54) is 11.3 Å². The molecule has 1 aromatic carbocycles. The molecule has 21 heavy (non-hydrogen) atoms. The summed E-state index contributed by atoms with van der Waals surface area (Å²) >= 11 is 3.70. The third kappa shape index (κ3) is 2.49. The van der Waals surface area contributed by atoms with E-state index in [4.69, 9.17) is 4.98 Å². The SMILES string of the molecule is CNCCc1[nH]c2nc3cc(C(C)(C)C)ccc3n2c1Br. The summed E-state index contributed by atoms with van der Waals surface area (Å²) in [6, 6.07) is 6.55. The van der Waals surface area contributed by atoms with Crippen molar-refractivity contribution in [3.8, 4) is 0 Å². The molecule has 3 rings (SSSR count). The van der Waals surface area contributed by atoms with Crippen molar-refractivity contribution >= 4 is 32.7 Å². The van der Waals surface area contributed by atoms with Crippen LogP contribution in [0, 0.1) is 0 Å². The number of benzene rings is 1. The van der Waals surface area contributed by atoms with E-state index >= 15 is 0 Å². The van der Waals surface area contributed by atoms with Crippen LogP contribution in [0.1, 0.15) is 32.0 Å². The Kier molecular flexibility index (Phi) is 3.58. The Bertz CT molecular complexity index is 792. The Hall–Kier alpha value is -1.33. The molecule has 0 aliphatic rings. The van der Waals surface area contributed by atoms with Gasteiger partial charge in [0, 0.05) is 13.0 Å². The zero-order valence-electron chi connectivity index (χ0n) is 12.9. The van der Waals surface area contributed by atoms with Gasteiger partial charge in [-0.25, -0.2) is 4.98 Å². The summed E-state index contributed by atoms with van der Waals surface area (Å²) in [5.74, 6) is 0.897. The van der Waals surface area contributed by atoms with Crippen molar-refractivity contribution in [2.24, 2.45) is 0 Å². The van der Waals surface area contributed by atoms with E-state index in [9.17, 15) is 0 Å². The van der Waals surface area contributed by atoms with Gasteiger partial charge in [-0.05, 0) is 46.1 Å². The van der Waals surface area contributed by atoms with E-state index in [1.54, 1.807) is 0 Å². The second-order valence-electron chi connectivity index (χ2n) is 6.47. The van der Waals surface area contributed by atoms with Crippen molar-refractivity contribution < 1.29 is 0 Å². The Morgan fingerprint density at radius 1 is 1.33 bits per heavy atom. The molecule has 0 radical (unpaired) electrons. The Morgan fingerprint density at radius 2 is 2.10 bits per heavy atom. The molecule has 2 N–H and O–H groups in total. The number of halogens is 1. The molecule has 112 valence electrons. The van der Waals surface area contributed by atoms with Crippen molar-refractivity contribution in [1.29, 1.82) is 0 Å². The first-order chi connectivity index (χ1) is 9.91. The highest BCUT2D eigenvalue weighted by Crippen LogP contribution is 2.29. The molecule has 3 aromatic rings. The highest BCUT2D eigenvalue weighted by atomic mass is 79.9. The van der Waals surface area contributed by atoms with Gasteiger partial charge in [-0.1, -0.05) is 26.8 Å². The van der Waals surface area contributed by atoms with Crippen LogP contribution in [-0.4, -0.2) is 28.0 Å². The minimum Gasteiger partial charge on any atom is -0.326 e. The number of hydrogen-bond acceptors (Lipinski definition) is 2. The zero-order chi connectivity index (χ0) is 15.2. The summed E-state index contributed by atoms with van der Waals surface area (Å²) in [6.45, 7) is 7.61. The smallest absolute Gasteiger partial charge is 0.213 e. The number of likely N-dealkylation sites (N-methyl/N-ethyl adjacent to an activating group) is 1. The number of fused-ring (bicyclic) bond motifs is 3. The molecule has 2 heterocycles. The topological polar surface area (TPSA) is 45.1 Å². The molecule has 0 fully saturated rings. The van der Waals surface area contributed by atoms with E-state index in [2.05, 4.69) is 69.6 Å². The van der Waals surface area contributed by atoms with E-state index in [0.29, 0.717) is 0 Å². The number of H-pyrrole nitrogens is 1. The zero-order valence-corrected chi connectivity index (χ0v) is 14.5. The lowest BCUT2D eigenvalue weighted by Crippen LogP contribution is -2.11. The number of aromatic amines is 1. The first kappa shape index (κ1) is 14.6. The maximum absolute atomic E-state index is 4.74. The molecule has 0 aliphatic carbocycles. The van der Waals surface area contributed by atoms with E-state index in [-0.39, 0.29) is 5.41 Å². The molecule has 2 aromatic heterocycles. The molecule has 0 spiro atoms. The van der Waals surface area contributed by atoms with Crippen LogP contribution in [0.25, 0.3) is 16.8 Å². The van der Waals surface area contributed by atoms with E-state index < -0.39 is 0 Å². The van der Waals surface area contributed by atoms with Gasteiger partial charge in [0.05, 0.1) is 16.7 Å². The maximum Gasteiger partial charge on any atom is 0.213 e. The second kappa shape index (κ2) is 5.14. The van der Waals surface area contributed by atoms with Crippen LogP contribution < -0.4 is 5.32 Å². The highest BCUT2D eigenvalue weighted by molar-refractivity contribution is 9.10. The minimum absolute atomic E-state index is 0.140. The molecule has 0 unspecified atom stereocenters. The summed E-state index contributed by atoms with van der Waals surface area (Å²) in [4.78, 5) is 8.15. The Balaban J connectivity index is 2.14. The summed E-state index contributed by atoms with van der Waals surface area (Å²) in [5, 5.41) is 3.17. The van der Waals surface area contributed by atoms with Crippen molar-refractivity contribution in [1.82, 2.24) is 19.7 Å². The Labute approximate surface area is 133 Å². The molecular weight excluding hydrogens is 328 g/mol. The largest absolute Gasteiger partial charge is 0.326 e. The van der Waals surface area contributed by atoms with Gasteiger partial charge in [0.15, 0.2) is 0 Å². The number of imidazole rings is 2. The number of nitrogens with one attached hydrogen (secondary N) is 2. The Morgan fingerprint density at radius 3 is 2.76 bits per heavy atom. The van der Waals surface area contributed by atoms with Gasteiger partial charge in [0.25, 0.3) is 0 Å². The van der Waals surface area contributed by atoms with E-state index in [0.717, 1.165) is 34.4 Å². The molecule has 0 bridgehead atoms. The standard InChI is InChI=1S/C16H21BrN4/c1-16(2,3)10-5-6-13-12(9-10)20-15-19-11(7-8-18-4)14(17)21(13)15/h5-6,9,18H,7-8H2,1-4H3,(H,19,20). The van der Waals surface area contributed by atoms with Gasteiger partial charge in [0.1, 0.15) is 4.60 Å². The summed E-state index contributed by atoms with van der Waals surface area (Å²) in [7, 11) is 1.96. The lowest BCUT2D eigenvalue weighted by atomic mass is 9.87. The molecule has 0 saturated heterocycles. The van der Waals surface area contributed by atoms with Gasteiger partial charge in [-0.15, -0.1) is 0 Å². The molecule has 4 nitrogen and oxygen atoms in total. The highest BCUT2D eigenvalue weighted by Gasteiger charge is 2.18. The quantitative estimate of drug-likeness (QED) is 0.758. The molecule has 0 saturated carbocycles. The first-order valence-corrected chi connectivity index (χ1v) is 8.05. The average Bonchev–Trinajstić information content (AvgIpc) is 2.91. The van der Waals surface area contributed by atoms with Crippen LogP contribution in [0.3, 0.4) is 0 Å². The van der Waals surface area contributed by atoms with Crippen LogP contribution in [0.2, 0.25) is 0 Å². The van der Waals surface area contributed by atoms with Crippen molar-refractivity contribution in [3.05, 3.63) is 34.1 Å². The molecule has 5 heteroatoms. The van der Waals surface area contributed by atoms with Gasteiger partial charge in [-0.3, -0.25) is 4.40 Å². The summed E-state index contributed by atoms with van der Waals surface area (Å²) in [5.41, 5.74) is 4.79. The van der Waals surface area contributed by atoms with Crippen LogP contribution >= 0.6 is 15.9 Å². The third-order valence-corrected chi connectivity index (χ3v) is 4.69. The number of rotatable bonds is 3. The summed E-state index contributed by atoms with van der Waals surface area (Å²) < 4.78 is 3.21. The van der Waals surface area contributed by atoms with Crippen molar-refractivity contribution in [3.63, 3.8) is 0 Å². The number of aromatic nitrogens is 3. The number of nitrogens with zero attached hydrogens (tertiary/aromatic N) is 2. The maximum atomic E-state index is 4.74. The predicted octanol–water partition coefficient (Wildman–Crippen LogP) is 3.64. The second-order valence-corrected chi connectivity index (χ2v) is 7.22. The van der Waals surface area contributed by atoms with Gasteiger partial charge >= 0.3 is 0 Å². The fraction of sp³-hybridized carbons (Fsp3) is 0.438. The van der Waals surface area contributed by atoms with Crippen molar-refractivity contribution in [2.75, 3.05) is 13.6 Å². The monoisotopic (exact) mass is 348 g/mol. The molecule has 0 atom stereocenters. The van der Waals surface area contributed by atoms with Gasteiger partial charge in [0.2, 0.25) is 5.78 Å². The lowest BCUT2D eigenvalue weighted by Gasteiger charge is -2.18. The molecular formula is C16H21BrN4. The summed E-state index contributed by atoms with van der Waals surface area (Å²) in [6.07, 6.45) is 0.946. The van der Waals surface area contributed by atoms with Crippen molar-refractivity contribution in [2.45, 2.75) is 32.6 Å². The third-order valence-electron chi connectivity index (χ3n) is 3.85. The molecule has 0 amide bonds. The van der Waals surface area contributed by atoms with Gasteiger partial charge < -0.3 is 10.3 Å².